The molecular weight excluding hydrogens is 323 g/mol. The second-order valence-electron chi connectivity index (χ2n) is 5.86. The number of allylic oxidation sites excluding steroid dienone is 1. The number of likely N-dealkylation sites (N-methyl/N-ethyl adjacent to an activating group) is 1. The van der Waals surface area contributed by atoms with Crippen molar-refractivity contribution < 1.29 is 9.53 Å². The summed E-state index contributed by atoms with van der Waals surface area (Å²) in [6, 6.07) is 5.26. The van der Waals surface area contributed by atoms with E-state index in [2.05, 4.69) is 23.3 Å². The van der Waals surface area contributed by atoms with Crippen LogP contribution in [0.2, 0.25) is 10.0 Å². The Morgan fingerprint density at radius 2 is 2.00 bits per heavy atom. The molecule has 1 aromatic rings. The Labute approximate surface area is 140 Å². The van der Waals surface area contributed by atoms with Crippen LogP contribution in [0.25, 0.3) is 0 Å². The van der Waals surface area contributed by atoms with E-state index in [0.717, 1.165) is 25.1 Å². The molecule has 2 atom stereocenters. The van der Waals surface area contributed by atoms with E-state index >= 15 is 0 Å². The zero-order valence-electron chi connectivity index (χ0n) is 12.3. The van der Waals surface area contributed by atoms with Gasteiger partial charge in [-0.3, -0.25) is 10.2 Å². The molecule has 0 spiro atoms. The number of carbonyl (C=O) groups excluding carboxylic acids is 1. The van der Waals surface area contributed by atoms with Gasteiger partial charge in [0.1, 0.15) is 5.76 Å². The van der Waals surface area contributed by atoms with Crippen LogP contribution < -0.4 is 5.32 Å². The molecule has 1 amide bonds. The van der Waals surface area contributed by atoms with Gasteiger partial charge < -0.3 is 4.74 Å². The molecule has 1 aromatic carbocycles. The lowest BCUT2D eigenvalue weighted by Crippen LogP contribution is -2.30. The predicted molar refractivity (Wildman–Crippen MR) is 88.4 cm³/mol. The predicted octanol–water partition coefficient (Wildman–Crippen LogP) is 4.54. The average molecular weight is 341 g/mol. The van der Waals surface area contributed by atoms with Crippen molar-refractivity contribution in [3.63, 3.8) is 0 Å². The number of fused-ring (bicyclic) bond motifs is 1. The number of benzene rings is 1. The van der Waals surface area contributed by atoms with E-state index < -0.39 is 6.09 Å². The summed E-state index contributed by atoms with van der Waals surface area (Å²) in [6.07, 6.45) is 4.66. The van der Waals surface area contributed by atoms with E-state index in [9.17, 15) is 4.79 Å². The molecule has 2 aliphatic rings. The molecule has 22 heavy (non-hydrogen) atoms. The van der Waals surface area contributed by atoms with Crippen molar-refractivity contribution in [1.29, 1.82) is 0 Å². The molecule has 0 radical (unpaired) electrons. The molecular formula is C16H18Cl2N2O2. The van der Waals surface area contributed by atoms with Crippen molar-refractivity contribution in [3.05, 3.63) is 40.1 Å². The van der Waals surface area contributed by atoms with Gasteiger partial charge in [0.15, 0.2) is 0 Å². The highest BCUT2D eigenvalue weighted by Crippen LogP contribution is 2.34. The zero-order chi connectivity index (χ0) is 15.7. The quantitative estimate of drug-likeness (QED) is 0.859. The minimum atomic E-state index is -0.510. The van der Waals surface area contributed by atoms with E-state index in [-0.39, 0.29) is 0 Å². The highest BCUT2D eigenvalue weighted by atomic mass is 35.5. The summed E-state index contributed by atoms with van der Waals surface area (Å²) in [4.78, 5) is 14.3. The average Bonchev–Trinajstić information content (AvgIpc) is 2.79. The van der Waals surface area contributed by atoms with E-state index in [0.29, 0.717) is 27.7 Å². The summed E-state index contributed by atoms with van der Waals surface area (Å²) in [5.41, 5.74) is 0.523. The third-order valence-electron chi connectivity index (χ3n) is 4.30. The summed E-state index contributed by atoms with van der Waals surface area (Å²) in [5.74, 6) is 1.42. The summed E-state index contributed by atoms with van der Waals surface area (Å²) >= 11 is 11.8. The Kier molecular flexibility index (Phi) is 4.62. The molecule has 118 valence electrons. The van der Waals surface area contributed by atoms with Crippen molar-refractivity contribution in [3.8, 4) is 0 Å². The smallest absolute Gasteiger partial charge is 0.415 e. The van der Waals surface area contributed by atoms with Gasteiger partial charge in [0.25, 0.3) is 0 Å². The van der Waals surface area contributed by atoms with Crippen LogP contribution in [0.15, 0.2) is 30.0 Å². The van der Waals surface area contributed by atoms with E-state index in [1.807, 2.05) is 0 Å². The molecule has 1 aliphatic carbocycles. The largest absolute Gasteiger partial charge is 0.416 e. The summed E-state index contributed by atoms with van der Waals surface area (Å²) < 4.78 is 5.43. The molecule has 6 heteroatoms. The van der Waals surface area contributed by atoms with Gasteiger partial charge in [-0.05, 0) is 56.6 Å². The lowest BCUT2D eigenvalue weighted by atomic mass is 9.89. The number of nitrogens with one attached hydrogen (secondary N) is 1. The minimum Gasteiger partial charge on any atom is -0.415 e. The Bertz CT molecular complexity index is 598. The molecule has 0 aromatic heterocycles. The molecule has 3 rings (SSSR count). The fourth-order valence-electron chi connectivity index (χ4n) is 3.20. The van der Waals surface area contributed by atoms with Crippen LogP contribution in [-0.2, 0) is 4.74 Å². The first-order chi connectivity index (χ1) is 10.5. The number of hydrogen-bond donors (Lipinski definition) is 1. The zero-order valence-corrected chi connectivity index (χ0v) is 13.8. The van der Waals surface area contributed by atoms with Gasteiger partial charge in [-0.1, -0.05) is 23.2 Å². The highest BCUT2D eigenvalue weighted by molar-refractivity contribution is 6.35. The van der Waals surface area contributed by atoms with Crippen LogP contribution in [0, 0.1) is 5.92 Å². The second kappa shape index (κ2) is 6.49. The highest BCUT2D eigenvalue weighted by Gasteiger charge is 2.33. The van der Waals surface area contributed by atoms with Crippen molar-refractivity contribution in [2.24, 2.45) is 5.92 Å². The molecule has 2 unspecified atom stereocenters. The maximum Gasteiger partial charge on any atom is 0.416 e. The minimum absolute atomic E-state index is 0.386. The van der Waals surface area contributed by atoms with Gasteiger partial charge in [0.2, 0.25) is 0 Å². The molecule has 1 heterocycles. The van der Waals surface area contributed by atoms with Gasteiger partial charge in [0.05, 0.1) is 0 Å². The van der Waals surface area contributed by atoms with Gasteiger partial charge in [-0.25, -0.2) is 4.79 Å². The van der Waals surface area contributed by atoms with Crippen molar-refractivity contribution in [2.45, 2.75) is 25.3 Å². The number of amides is 1. The number of ether oxygens (including phenoxy) is 1. The number of nitrogens with zero attached hydrogens (tertiary/aromatic N) is 1. The topological polar surface area (TPSA) is 41.6 Å². The molecule has 1 saturated heterocycles. The summed E-state index contributed by atoms with van der Waals surface area (Å²) in [6.45, 7) is 1.10. The Hall–Kier alpha value is -1.23. The first kappa shape index (κ1) is 15.7. The van der Waals surface area contributed by atoms with Crippen LogP contribution in [0.3, 0.4) is 0 Å². The van der Waals surface area contributed by atoms with Crippen LogP contribution in [0.5, 0.6) is 0 Å². The number of halogens is 2. The number of hydrogen-bond acceptors (Lipinski definition) is 3. The molecule has 1 fully saturated rings. The van der Waals surface area contributed by atoms with E-state index in [1.165, 1.54) is 6.42 Å². The Morgan fingerprint density at radius 1 is 1.27 bits per heavy atom. The van der Waals surface area contributed by atoms with Crippen LogP contribution >= 0.6 is 23.2 Å². The first-order valence-corrected chi connectivity index (χ1v) is 8.13. The molecule has 0 bridgehead atoms. The third kappa shape index (κ3) is 3.57. The van der Waals surface area contributed by atoms with Gasteiger partial charge in [0, 0.05) is 28.2 Å². The number of carbonyl (C=O) groups is 1. The maximum atomic E-state index is 12.0. The van der Waals surface area contributed by atoms with Gasteiger partial charge in [-0.15, -0.1) is 0 Å². The first-order valence-electron chi connectivity index (χ1n) is 7.37. The van der Waals surface area contributed by atoms with E-state index in [1.54, 1.807) is 18.2 Å². The number of likely N-dealkylation sites (tertiary alicyclic amines) is 1. The lowest BCUT2D eigenvalue weighted by molar-refractivity contribution is 0.179. The summed E-state index contributed by atoms with van der Waals surface area (Å²) in [5, 5.41) is 3.59. The second-order valence-corrected chi connectivity index (χ2v) is 6.74. The summed E-state index contributed by atoms with van der Waals surface area (Å²) in [7, 11) is 2.11. The van der Waals surface area contributed by atoms with Crippen molar-refractivity contribution >= 4 is 35.0 Å². The SMILES string of the molecule is CN1CCC2CCC(OC(=O)Nc3cc(Cl)cc(Cl)c3)=CC21. The molecule has 1 aliphatic heterocycles. The van der Waals surface area contributed by atoms with Crippen LogP contribution in [-0.4, -0.2) is 30.6 Å². The van der Waals surface area contributed by atoms with Crippen LogP contribution in [0.1, 0.15) is 19.3 Å². The molecule has 0 saturated carbocycles. The lowest BCUT2D eigenvalue weighted by Gasteiger charge is -2.27. The van der Waals surface area contributed by atoms with Gasteiger partial charge >= 0.3 is 6.09 Å². The third-order valence-corrected chi connectivity index (χ3v) is 4.73. The monoisotopic (exact) mass is 340 g/mol. The standard InChI is InChI=1S/C16H18Cl2N2O2/c1-20-5-4-10-2-3-14(9-15(10)20)22-16(21)19-13-7-11(17)6-12(18)8-13/h6-10,15H,2-5H2,1H3,(H,19,21). The molecule has 4 nitrogen and oxygen atoms in total. The van der Waals surface area contributed by atoms with Crippen molar-refractivity contribution in [2.75, 3.05) is 18.9 Å². The number of anilines is 1. The van der Waals surface area contributed by atoms with E-state index in [4.69, 9.17) is 27.9 Å². The Morgan fingerprint density at radius 3 is 2.73 bits per heavy atom. The Balaban J connectivity index is 1.63. The fraction of sp³-hybridized carbons (Fsp3) is 0.438. The van der Waals surface area contributed by atoms with Crippen LogP contribution in [0.4, 0.5) is 10.5 Å². The normalized spacial score (nSPS) is 24.6. The molecule has 1 N–H and O–H groups in total. The maximum absolute atomic E-state index is 12.0. The van der Waals surface area contributed by atoms with Gasteiger partial charge in [-0.2, -0.15) is 0 Å². The number of rotatable bonds is 2. The van der Waals surface area contributed by atoms with Crippen molar-refractivity contribution in [1.82, 2.24) is 4.90 Å². The fourth-order valence-corrected chi connectivity index (χ4v) is 3.73.